The Morgan fingerprint density at radius 3 is 2.90 bits per heavy atom. The summed E-state index contributed by atoms with van der Waals surface area (Å²) < 4.78 is 35.0. The molecule has 1 atom stereocenters. The van der Waals surface area contributed by atoms with Crippen LogP contribution >= 0.6 is 11.6 Å². The molecule has 1 aliphatic rings. The number of aromatic nitrogens is 3. The fourth-order valence-corrected chi connectivity index (χ4v) is 5.71. The van der Waals surface area contributed by atoms with Crippen LogP contribution in [0.2, 0.25) is 5.02 Å². The second kappa shape index (κ2) is 8.63. The molecular weight excluding hydrogens is 424 g/mol. The molecule has 7 nitrogen and oxygen atoms in total. The van der Waals surface area contributed by atoms with Crippen molar-refractivity contribution in [3.8, 4) is 0 Å². The molecule has 2 aromatic heterocycles. The third-order valence-electron chi connectivity index (χ3n) is 5.60. The van der Waals surface area contributed by atoms with Gasteiger partial charge in [0, 0.05) is 44.4 Å². The molecule has 1 aliphatic heterocycles. The molecular formula is C21H25ClN4O3S. The molecule has 4 rings (SSSR count). The second-order valence-electron chi connectivity index (χ2n) is 7.65. The Balaban J connectivity index is 1.53. The van der Waals surface area contributed by atoms with Gasteiger partial charge >= 0.3 is 0 Å². The standard InChI is InChI=1S/C21H25ClN4O3S/c1-15-5-6-17(13-18(15)22)30(27,28)25-9-7-16(14-25)12-20-24-19-4-3-8-23-21(19)26(20)10-11-29-2/h3-6,8,13,16H,7,9-12,14H2,1-2H3/t16-/m0/s1. The van der Waals surface area contributed by atoms with Gasteiger partial charge in [0.25, 0.3) is 0 Å². The van der Waals surface area contributed by atoms with Gasteiger partial charge in [-0.05, 0) is 49.1 Å². The lowest BCUT2D eigenvalue weighted by molar-refractivity contribution is 0.187. The van der Waals surface area contributed by atoms with Crippen molar-refractivity contribution in [2.24, 2.45) is 5.92 Å². The molecule has 160 valence electrons. The lowest BCUT2D eigenvalue weighted by Crippen LogP contribution is -2.29. The number of imidazole rings is 1. The minimum absolute atomic E-state index is 0.193. The van der Waals surface area contributed by atoms with Crippen LogP contribution in [0.5, 0.6) is 0 Å². The Hall–Kier alpha value is -2.00. The van der Waals surface area contributed by atoms with Crippen LogP contribution in [0.1, 0.15) is 17.8 Å². The maximum atomic E-state index is 13.1. The van der Waals surface area contributed by atoms with E-state index in [1.807, 2.05) is 19.1 Å². The highest BCUT2D eigenvalue weighted by molar-refractivity contribution is 7.89. The third kappa shape index (κ3) is 4.09. The highest BCUT2D eigenvalue weighted by Crippen LogP contribution is 2.29. The first kappa shape index (κ1) is 21.2. The van der Waals surface area contributed by atoms with E-state index < -0.39 is 10.0 Å². The molecule has 9 heteroatoms. The van der Waals surface area contributed by atoms with Crippen LogP contribution in [-0.4, -0.2) is 54.1 Å². The number of aryl methyl sites for hydroxylation is 1. The second-order valence-corrected chi connectivity index (χ2v) is 10.00. The Morgan fingerprint density at radius 1 is 1.30 bits per heavy atom. The summed E-state index contributed by atoms with van der Waals surface area (Å²) in [4.78, 5) is 9.47. The highest BCUT2D eigenvalue weighted by Gasteiger charge is 2.33. The van der Waals surface area contributed by atoms with Gasteiger partial charge in [0.1, 0.15) is 11.3 Å². The number of halogens is 1. The van der Waals surface area contributed by atoms with E-state index in [-0.39, 0.29) is 10.8 Å². The molecule has 0 radical (unpaired) electrons. The molecule has 1 saturated heterocycles. The summed E-state index contributed by atoms with van der Waals surface area (Å²) in [7, 11) is -1.89. The first-order chi connectivity index (χ1) is 14.4. The maximum absolute atomic E-state index is 13.1. The monoisotopic (exact) mass is 448 g/mol. The fraction of sp³-hybridized carbons (Fsp3) is 0.429. The number of benzene rings is 1. The third-order valence-corrected chi connectivity index (χ3v) is 7.87. The van der Waals surface area contributed by atoms with Gasteiger partial charge in [0.2, 0.25) is 10.0 Å². The zero-order chi connectivity index (χ0) is 21.3. The van der Waals surface area contributed by atoms with Crippen molar-refractivity contribution in [1.29, 1.82) is 0 Å². The maximum Gasteiger partial charge on any atom is 0.243 e. The van der Waals surface area contributed by atoms with E-state index in [4.69, 9.17) is 21.3 Å². The SMILES string of the molecule is COCCn1c(C[C@@H]2CCN(S(=O)(=O)c3ccc(C)c(Cl)c3)C2)nc2cccnc21. The van der Waals surface area contributed by atoms with Gasteiger partial charge in [-0.2, -0.15) is 4.31 Å². The molecule has 30 heavy (non-hydrogen) atoms. The van der Waals surface area contributed by atoms with E-state index in [1.165, 1.54) is 6.07 Å². The summed E-state index contributed by atoms with van der Waals surface area (Å²) in [6.07, 6.45) is 3.24. The first-order valence-electron chi connectivity index (χ1n) is 9.95. The summed E-state index contributed by atoms with van der Waals surface area (Å²) in [5, 5.41) is 0.464. The average molecular weight is 449 g/mol. The van der Waals surface area contributed by atoms with E-state index >= 15 is 0 Å². The predicted octanol–water partition coefficient (Wildman–Crippen LogP) is 3.29. The quantitative estimate of drug-likeness (QED) is 0.554. The molecule has 3 heterocycles. The smallest absolute Gasteiger partial charge is 0.243 e. The lowest BCUT2D eigenvalue weighted by Gasteiger charge is -2.17. The van der Waals surface area contributed by atoms with Crippen LogP contribution in [-0.2, 0) is 27.7 Å². The van der Waals surface area contributed by atoms with E-state index in [2.05, 4.69) is 9.55 Å². The molecule has 0 N–H and O–H groups in total. The Bertz CT molecular complexity index is 1160. The van der Waals surface area contributed by atoms with Crippen molar-refractivity contribution in [2.75, 3.05) is 26.8 Å². The number of hydrogen-bond donors (Lipinski definition) is 0. The van der Waals surface area contributed by atoms with Crippen molar-refractivity contribution >= 4 is 32.8 Å². The summed E-state index contributed by atoms with van der Waals surface area (Å²) in [5.74, 6) is 1.11. The highest BCUT2D eigenvalue weighted by atomic mass is 35.5. The van der Waals surface area contributed by atoms with Gasteiger partial charge in [-0.1, -0.05) is 17.7 Å². The number of methoxy groups -OCH3 is 1. The Labute approximate surface area is 181 Å². The molecule has 0 unspecified atom stereocenters. The number of pyridine rings is 1. The lowest BCUT2D eigenvalue weighted by atomic mass is 10.0. The zero-order valence-corrected chi connectivity index (χ0v) is 18.7. The number of rotatable bonds is 7. The minimum Gasteiger partial charge on any atom is -0.383 e. The average Bonchev–Trinajstić information content (AvgIpc) is 3.33. The minimum atomic E-state index is -3.56. The van der Waals surface area contributed by atoms with E-state index in [9.17, 15) is 8.42 Å². The molecule has 0 aliphatic carbocycles. The van der Waals surface area contributed by atoms with E-state index in [0.717, 1.165) is 29.0 Å². The van der Waals surface area contributed by atoms with Crippen LogP contribution < -0.4 is 0 Å². The Kier molecular flexibility index (Phi) is 6.11. The summed E-state index contributed by atoms with van der Waals surface area (Å²) in [6, 6.07) is 8.72. The van der Waals surface area contributed by atoms with Crippen molar-refractivity contribution < 1.29 is 13.2 Å². The molecule has 3 aromatic rings. The van der Waals surface area contributed by atoms with Crippen molar-refractivity contribution in [1.82, 2.24) is 18.8 Å². The molecule has 1 aromatic carbocycles. The number of nitrogens with zero attached hydrogens (tertiary/aromatic N) is 4. The van der Waals surface area contributed by atoms with Gasteiger partial charge in [0.05, 0.1) is 11.5 Å². The van der Waals surface area contributed by atoms with Crippen LogP contribution in [0.3, 0.4) is 0 Å². The summed E-state index contributed by atoms with van der Waals surface area (Å²) in [5.41, 5.74) is 2.54. The molecule has 0 saturated carbocycles. The van der Waals surface area contributed by atoms with Crippen LogP contribution in [0, 0.1) is 12.8 Å². The zero-order valence-electron chi connectivity index (χ0n) is 17.1. The normalized spacial score (nSPS) is 17.8. The number of sulfonamides is 1. The van der Waals surface area contributed by atoms with Crippen LogP contribution in [0.25, 0.3) is 11.2 Å². The van der Waals surface area contributed by atoms with Crippen LogP contribution in [0.15, 0.2) is 41.4 Å². The molecule has 0 spiro atoms. The number of ether oxygens (including phenoxy) is 1. The van der Waals surface area contributed by atoms with E-state index in [1.54, 1.807) is 29.7 Å². The largest absolute Gasteiger partial charge is 0.383 e. The fourth-order valence-electron chi connectivity index (χ4n) is 3.90. The molecule has 0 bridgehead atoms. The van der Waals surface area contributed by atoms with Crippen molar-refractivity contribution in [2.45, 2.75) is 31.2 Å². The van der Waals surface area contributed by atoms with E-state index in [0.29, 0.717) is 37.7 Å². The van der Waals surface area contributed by atoms with Gasteiger partial charge in [-0.15, -0.1) is 0 Å². The van der Waals surface area contributed by atoms with Crippen LogP contribution in [0.4, 0.5) is 0 Å². The molecule has 1 fully saturated rings. The van der Waals surface area contributed by atoms with Gasteiger partial charge < -0.3 is 9.30 Å². The topological polar surface area (TPSA) is 77.3 Å². The van der Waals surface area contributed by atoms with Crippen molar-refractivity contribution in [3.63, 3.8) is 0 Å². The Morgan fingerprint density at radius 2 is 2.13 bits per heavy atom. The summed E-state index contributed by atoms with van der Waals surface area (Å²) >= 11 is 6.15. The van der Waals surface area contributed by atoms with Gasteiger partial charge in [0.15, 0.2) is 5.65 Å². The first-order valence-corrected chi connectivity index (χ1v) is 11.8. The number of hydrogen-bond acceptors (Lipinski definition) is 5. The van der Waals surface area contributed by atoms with Gasteiger partial charge in [-0.3, -0.25) is 0 Å². The molecule has 0 amide bonds. The van der Waals surface area contributed by atoms with Crippen molar-refractivity contribution in [3.05, 3.63) is 52.9 Å². The van der Waals surface area contributed by atoms with Gasteiger partial charge in [-0.25, -0.2) is 18.4 Å². The predicted molar refractivity (Wildman–Crippen MR) is 116 cm³/mol. The summed E-state index contributed by atoms with van der Waals surface area (Å²) in [6.45, 7) is 4.04. The number of fused-ring (bicyclic) bond motifs is 1.